The summed E-state index contributed by atoms with van der Waals surface area (Å²) in [6.45, 7) is 2.10. The monoisotopic (exact) mass is 430 g/mol. The molecule has 30 heavy (non-hydrogen) atoms. The third-order valence-electron chi connectivity index (χ3n) is 5.49. The van der Waals surface area contributed by atoms with Crippen molar-refractivity contribution in [1.82, 2.24) is 9.21 Å². The van der Waals surface area contributed by atoms with Gasteiger partial charge in [-0.3, -0.25) is 4.79 Å². The number of carboxylic acids is 1. The summed E-state index contributed by atoms with van der Waals surface area (Å²) in [6.07, 6.45) is 1.06. The number of hydrogen-bond acceptors (Lipinski definition) is 4. The number of amides is 1. The largest absolute Gasteiger partial charge is 0.480 e. The number of carboxylic acid groups (broad SMARTS) is 1. The van der Waals surface area contributed by atoms with Crippen molar-refractivity contribution in [2.45, 2.75) is 43.2 Å². The van der Waals surface area contributed by atoms with E-state index in [0.29, 0.717) is 12.8 Å². The van der Waals surface area contributed by atoms with Crippen LogP contribution in [0.2, 0.25) is 0 Å². The SMILES string of the molecule is Cc1ccc(S(=O)(=O)N2CCC[C@H]2C(=O)N(C)[C@@H](Cc2ccccc2)C(=O)O)cc1. The number of sulfonamides is 1. The Kier molecular flexibility index (Phi) is 6.58. The average Bonchev–Trinajstić information content (AvgIpc) is 3.22. The molecule has 8 heteroatoms. The Balaban J connectivity index is 1.83. The Labute approximate surface area is 177 Å². The number of nitrogens with zero attached hydrogens (tertiary/aromatic N) is 2. The zero-order valence-electron chi connectivity index (χ0n) is 17.1. The van der Waals surface area contributed by atoms with E-state index in [2.05, 4.69) is 0 Å². The molecule has 7 nitrogen and oxygen atoms in total. The molecule has 2 aromatic carbocycles. The standard InChI is InChI=1S/C22H26N2O5S/c1-16-10-12-18(13-11-16)30(28,29)24-14-6-9-19(24)21(25)23(2)20(22(26)27)15-17-7-4-3-5-8-17/h3-5,7-8,10-13,19-20H,6,9,14-15H2,1-2H3,(H,26,27)/t19-,20-/m0/s1. The second kappa shape index (κ2) is 8.97. The quantitative estimate of drug-likeness (QED) is 0.727. The van der Waals surface area contributed by atoms with Crippen molar-refractivity contribution in [2.24, 2.45) is 0 Å². The summed E-state index contributed by atoms with van der Waals surface area (Å²) in [6, 6.07) is 13.6. The maximum Gasteiger partial charge on any atom is 0.326 e. The van der Waals surface area contributed by atoms with Crippen molar-refractivity contribution in [3.8, 4) is 0 Å². The fourth-order valence-electron chi connectivity index (χ4n) is 3.74. The highest BCUT2D eigenvalue weighted by Gasteiger charge is 2.42. The van der Waals surface area contributed by atoms with Crippen molar-refractivity contribution < 1.29 is 23.1 Å². The van der Waals surface area contributed by atoms with Gasteiger partial charge in [0.1, 0.15) is 12.1 Å². The van der Waals surface area contributed by atoms with Crippen LogP contribution in [0.5, 0.6) is 0 Å². The molecule has 0 radical (unpaired) electrons. The molecular weight excluding hydrogens is 404 g/mol. The summed E-state index contributed by atoms with van der Waals surface area (Å²) in [5.41, 5.74) is 1.73. The minimum Gasteiger partial charge on any atom is -0.480 e. The number of likely N-dealkylation sites (N-methyl/N-ethyl adjacent to an activating group) is 1. The molecule has 0 bridgehead atoms. The van der Waals surface area contributed by atoms with Gasteiger partial charge in [0.2, 0.25) is 15.9 Å². The predicted molar refractivity (Wildman–Crippen MR) is 112 cm³/mol. The average molecular weight is 431 g/mol. The highest BCUT2D eigenvalue weighted by atomic mass is 32.2. The maximum absolute atomic E-state index is 13.2. The van der Waals surface area contributed by atoms with E-state index in [1.165, 1.54) is 28.4 Å². The van der Waals surface area contributed by atoms with Crippen LogP contribution in [0.15, 0.2) is 59.5 Å². The van der Waals surface area contributed by atoms with Crippen molar-refractivity contribution in [2.75, 3.05) is 13.6 Å². The van der Waals surface area contributed by atoms with E-state index in [9.17, 15) is 23.1 Å². The lowest BCUT2D eigenvalue weighted by atomic mass is 10.0. The number of aryl methyl sites for hydroxylation is 1. The lowest BCUT2D eigenvalue weighted by Crippen LogP contribution is -2.52. The van der Waals surface area contributed by atoms with Crippen molar-refractivity contribution in [3.63, 3.8) is 0 Å². The normalized spacial score (nSPS) is 18.1. The smallest absolute Gasteiger partial charge is 0.326 e. The summed E-state index contributed by atoms with van der Waals surface area (Å²) in [5.74, 6) is -1.62. The van der Waals surface area contributed by atoms with Gasteiger partial charge in [-0.25, -0.2) is 13.2 Å². The Hall–Kier alpha value is -2.71. The van der Waals surface area contributed by atoms with E-state index in [1.807, 2.05) is 25.1 Å². The molecule has 0 aromatic heterocycles. The summed E-state index contributed by atoms with van der Waals surface area (Å²) in [7, 11) is -2.42. The minimum absolute atomic E-state index is 0.134. The first-order valence-electron chi connectivity index (χ1n) is 9.83. The summed E-state index contributed by atoms with van der Waals surface area (Å²) < 4.78 is 27.4. The van der Waals surface area contributed by atoms with Crippen LogP contribution in [0.1, 0.15) is 24.0 Å². The number of rotatable bonds is 7. The molecule has 1 aliphatic rings. The summed E-state index contributed by atoms with van der Waals surface area (Å²) in [5, 5.41) is 9.70. The number of aliphatic carboxylic acids is 1. The van der Waals surface area contributed by atoms with E-state index in [0.717, 1.165) is 11.1 Å². The van der Waals surface area contributed by atoms with Crippen LogP contribution < -0.4 is 0 Å². The van der Waals surface area contributed by atoms with Crippen molar-refractivity contribution in [1.29, 1.82) is 0 Å². The van der Waals surface area contributed by atoms with Gasteiger partial charge in [0.15, 0.2) is 0 Å². The third kappa shape index (κ3) is 4.55. The first-order valence-corrected chi connectivity index (χ1v) is 11.3. The van der Waals surface area contributed by atoms with Crippen LogP contribution in [-0.4, -0.2) is 60.3 Å². The third-order valence-corrected chi connectivity index (χ3v) is 7.41. The molecule has 0 spiro atoms. The van der Waals surface area contributed by atoms with Crippen LogP contribution in [0, 0.1) is 6.92 Å². The molecule has 1 fully saturated rings. The molecule has 2 aromatic rings. The van der Waals surface area contributed by atoms with E-state index < -0.39 is 34.0 Å². The highest BCUT2D eigenvalue weighted by Crippen LogP contribution is 2.28. The molecule has 160 valence electrons. The fraction of sp³-hybridized carbons (Fsp3) is 0.364. The molecule has 0 unspecified atom stereocenters. The van der Waals surface area contributed by atoms with Gasteiger partial charge in [0.25, 0.3) is 0 Å². The molecule has 1 amide bonds. The van der Waals surface area contributed by atoms with Gasteiger partial charge in [0.05, 0.1) is 4.90 Å². The predicted octanol–water partition coefficient (Wildman–Crippen LogP) is 2.30. The lowest BCUT2D eigenvalue weighted by molar-refractivity contribution is -0.150. The minimum atomic E-state index is -3.85. The molecule has 1 heterocycles. The van der Waals surface area contributed by atoms with Gasteiger partial charge < -0.3 is 10.0 Å². The van der Waals surface area contributed by atoms with E-state index in [4.69, 9.17) is 0 Å². The number of hydrogen-bond donors (Lipinski definition) is 1. The molecule has 1 saturated heterocycles. The molecule has 1 N–H and O–H groups in total. The fourth-order valence-corrected chi connectivity index (χ4v) is 5.39. The Bertz CT molecular complexity index is 1010. The van der Waals surface area contributed by atoms with Gasteiger partial charge >= 0.3 is 5.97 Å². The zero-order chi connectivity index (χ0) is 21.9. The summed E-state index contributed by atoms with van der Waals surface area (Å²) in [4.78, 5) is 26.4. The van der Waals surface area contributed by atoms with Crippen LogP contribution in [0.3, 0.4) is 0 Å². The van der Waals surface area contributed by atoms with Gasteiger partial charge in [-0.15, -0.1) is 0 Å². The van der Waals surface area contributed by atoms with E-state index in [1.54, 1.807) is 24.3 Å². The van der Waals surface area contributed by atoms with Gasteiger partial charge in [0, 0.05) is 20.0 Å². The van der Waals surface area contributed by atoms with Gasteiger partial charge in [-0.05, 0) is 37.5 Å². The molecule has 0 saturated carbocycles. The molecular formula is C22H26N2O5S. The Morgan fingerprint density at radius 3 is 2.37 bits per heavy atom. The van der Waals surface area contributed by atoms with Crippen molar-refractivity contribution >= 4 is 21.9 Å². The molecule has 0 aliphatic carbocycles. The van der Waals surface area contributed by atoms with Gasteiger partial charge in [-0.1, -0.05) is 48.0 Å². The first kappa shape index (κ1) is 22.0. The molecule has 1 aliphatic heterocycles. The number of benzene rings is 2. The maximum atomic E-state index is 13.2. The lowest BCUT2D eigenvalue weighted by Gasteiger charge is -2.31. The second-order valence-electron chi connectivity index (χ2n) is 7.58. The van der Waals surface area contributed by atoms with Crippen molar-refractivity contribution in [3.05, 3.63) is 65.7 Å². The Morgan fingerprint density at radius 2 is 1.77 bits per heavy atom. The molecule has 2 atom stereocenters. The summed E-state index contributed by atoms with van der Waals surface area (Å²) >= 11 is 0. The van der Waals surface area contributed by atoms with Gasteiger partial charge in [-0.2, -0.15) is 4.31 Å². The topological polar surface area (TPSA) is 95.0 Å². The zero-order valence-corrected chi connectivity index (χ0v) is 17.9. The van der Waals surface area contributed by atoms with E-state index in [-0.39, 0.29) is 17.9 Å². The first-order chi connectivity index (χ1) is 14.2. The second-order valence-corrected chi connectivity index (χ2v) is 9.47. The highest BCUT2D eigenvalue weighted by molar-refractivity contribution is 7.89. The van der Waals surface area contributed by atoms with Crippen LogP contribution in [0.25, 0.3) is 0 Å². The van der Waals surface area contributed by atoms with Crippen LogP contribution in [0.4, 0.5) is 0 Å². The number of carbonyl (C=O) groups is 2. The van der Waals surface area contributed by atoms with Crippen LogP contribution >= 0.6 is 0 Å². The number of carbonyl (C=O) groups excluding carboxylic acids is 1. The van der Waals surface area contributed by atoms with Crippen LogP contribution in [-0.2, 0) is 26.0 Å². The molecule has 3 rings (SSSR count). The van der Waals surface area contributed by atoms with E-state index >= 15 is 0 Å². The Morgan fingerprint density at radius 1 is 1.13 bits per heavy atom.